The molecular formula is C24H21F3N2O3. The number of ether oxygens (including phenoxy) is 1. The number of rotatable bonds is 4. The summed E-state index contributed by atoms with van der Waals surface area (Å²) < 4.78 is 44.1. The first kappa shape index (κ1) is 21.8. The molecule has 5 nitrogen and oxygen atoms in total. The Morgan fingerprint density at radius 3 is 2.59 bits per heavy atom. The number of aromatic nitrogens is 1. The Morgan fingerprint density at radius 1 is 1.06 bits per heavy atom. The Morgan fingerprint density at radius 2 is 1.81 bits per heavy atom. The van der Waals surface area contributed by atoms with E-state index in [1.807, 2.05) is 12.1 Å². The van der Waals surface area contributed by atoms with Crippen molar-refractivity contribution in [1.29, 1.82) is 0 Å². The molecule has 0 spiro atoms. The van der Waals surface area contributed by atoms with E-state index in [9.17, 15) is 22.8 Å². The molecule has 1 aliphatic carbocycles. The summed E-state index contributed by atoms with van der Waals surface area (Å²) in [6.45, 7) is 1.39. The fourth-order valence-electron chi connectivity index (χ4n) is 3.90. The van der Waals surface area contributed by atoms with E-state index in [1.54, 1.807) is 12.1 Å². The Balaban J connectivity index is 1.56. The molecule has 166 valence electrons. The van der Waals surface area contributed by atoms with Gasteiger partial charge < -0.3 is 10.1 Å². The average Bonchev–Trinajstić information content (AvgIpc) is 2.76. The van der Waals surface area contributed by atoms with Gasteiger partial charge in [0.05, 0.1) is 16.6 Å². The third-order valence-electron chi connectivity index (χ3n) is 5.48. The highest BCUT2D eigenvalue weighted by Gasteiger charge is 2.31. The zero-order valence-electron chi connectivity index (χ0n) is 17.3. The van der Waals surface area contributed by atoms with Gasteiger partial charge in [0, 0.05) is 16.8 Å². The Kier molecular flexibility index (Phi) is 5.86. The van der Waals surface area contributed by atoms with Crippen molar-refractivity contribution in [3.05, 3.63) is 70.9 Å². The SMILES string of the molecule is C[C@H](OC(=O)c1c2c(nc3ccccc13)CCCC2)C(=O)Nc1cccc(C(F)(F)F)c1. The van der Waals surface area contributed by atoms with Crippen LogP contribution in [-0.4, -0.2) is 23.0 Å². The monoisotopic (exact) mass is 442 g/mol. The first-order valence-electron chi connectivity index (χ1n) is 10.3. The number of hydrogen-bond acceptors (Lipinski definition) is 4. The highest BCUT2D eigenvalue weighted by atomic mass is 19.4. The minimum absolute atomic E-state index is 0.0283. The van der Waals surface area contributed by atoms with Crippen LogP contribution in [0.5, 0.6) is 0 Å². The molecule has 0 saturated carbocycles. The van der Waals surface area contributed by atoms with Gasteiger partial charge in [-0.1, -0.05) is 24.3 Å². The van der Waals surface area contributed by atoms with Crippen LogP contribution in [0, 0.1) is 0 Å². The molecule has 1 amide bonds. The second-order valence-corrected chi connectivity index (χ2v) is 7.75. The van der Waals surface area contributed by atoms with Crippen molar-refractivity contribution in [2.24, 2.45) is 0 Å². The summed E-state index contributed by atoms with van der Waals surface area (Å²) in [6.07, 6.45) is -2.35. The predicted octanol–water partition coefficient (Wildman–Crippen LogP) is 5.32. The number of carbonyl (C=O) groups excluding carboxylic acids is 2. The number of benzene rings is 2. The molecule has 1 aromatic heterocycles. The van der Waals surface area contributed by atoms with E-state index < -0.39 is 29.7 Å². The van der Waals surface area contributed by atoms with Gasteiger partial charge in [-0.2, -0.15) is 13.2 Å². The maximum Gasteiger partial charge on any atom is 0.416 e. The first-order valence-corrected chi connectivity index (χ1v) is 10.3. The maximum absolute atomic E-state index is 13.1. The molecule has 0 radical (unpaired) electrons. The number of aryl methyl sites for hydroxylation is 1. The largest absolute Gasteiger partial charge is 0.449 e. The first-order chi connectivity index (χ1) is 15.2. The number of nitrogens with zero attached hydrogens (tertiary/aromatic N) is 1. The molecule has 1 N–H and O–H groups in total. The summed E-state index contributed by atoms with van der Waals surface area (Å²) in [6, 6.07) is 11.5. The molecular weight excluding hydrogens is 421 g/mol. The highest BCUT2D eigenvalue weighted by Crippen LogP contribution is 2.31. The van der Waals surface area contributed by atoms with Crippen molar-refractivity contribution in [2.45, 2.75) is 44.9 Å². The van der Waals surface area contributed by atoms with Crippen molar-refractivity contribution >= 4 is 28.5 Å². The number of carbonyl (C=O) groups is 2. The number of nitrogens with one attached hydrogen (secondary N) is 1. The topological polar surface area (TPSA) is 68.3 Å². The lowest BCUT2D eigenvalue weighted by Crippen LogP contribution is -2.30. The number of pyridine rings is 1. The predicted molar refractivity (Wildman–Crippen MR) is 113 cm³/mol. The van der Waals surface area contributed by atoms with Crippen LogP contribution in [0.15, 0.2) is 48.5 Å². The molecule has 0 aliphatic heterocycles. The second-order valence-electron chi connectivity index (χ2n) is 7.75. The minimum Gasteiger partial charge on any atom is -0.449 e. The van der Waals surface area contributed by atoms with Crippen LogP contribution in [0.2, 0.25) is 0 Å². The van der Waals surface area contributed by atoms with Crippen molar-refractivity contribution in [2.75, 3.05) is 5.32 Å². The zero-order chi connectivity index (χ0) is 22.9. The lowest BCUT2D eigenvalue weighted by molar-refractivity contribution is -0.137. The van der Waals surface area contributed by atoms with Gasteiger partial charge >= 0.3 is 12.1 Å². The number of anilines is 1. The van der Waals surface area contributed by atoms with Crippen molar-refractivity contribution in [3.8, 4) is 0 Å². The number of amides is 1. The minimum atomic E-state index is -4.53. The molecule has 1 heterocycles. The Hall–Kier alpha value is -3.42. The van der Waals surface area contributed by atoms with Crippen LogP contribution in [0.25, 0.3) is 10.9 Å². The summed E-state index contributed by atoms with van der Waals surface area (Å²) in [7, 11) is 0. The highest BCUT2D eigenvalue weighted by molar-refractivity contribution is 6.06. The second kappa shape index (κ2) is 8.61. The van der Waals surface area contributed by atoms with Crippen molar-refractivity contribution < 1.29 is 27.5 Å². The van der Waals surface area contributed by atoms with Gasteiger partial charge in [-0.05, 0) is 62.4 Å². The molecule has 0 unspecified atom stereocenters. The number of fused-ring (bicyclic) bond motifs is 2. The number of esters is 1. The molecule has 2 aromatic carbocycles. The lowest BCUT2D eigenvalue weighted by atomic mass is 9.90. The average molecular weight is 442 g/mol. The number of alkyl halides is 3. The van der Waals surface area contributed by atoms with Gasteiger partial charge in [0.15, 0.2) is 6.10 Å². The summed E-state index contributed by atoms with van der Waals surface area (Å²) in [4.78, 5) is 30.3. The van der Waals surface area contributed by atoms with Crippen LogP contribution in [-0.2, 0) is 28.5 Å². The van der Waals surface area contributed by atoms with Gasteiger partial charge in [0.1, 0.15) is 0 Å². The van der Waals surface area contributed by atoms with E-state index in [1.165, 1.54) is 19.1 Å². The molecule has 32 heavy (non-hydrogen) atoms. The zero-order valence-corrected chi connectivity index (χ0v) is 17.3. The van der Waals surface area contributed by atoms with E-state index >= 15 is 0 Å². The molecule has 1 atom stereocenters. The number of halogens is 3. The molecule has 0 fully saturated rings. The van der Waals surface area contributed by atoms with E-state index in [-0.39, 0.29) is 5.69 Å². The Labute approximate surface area is 182 Å². The summed E-state index contributed by atoms with van der Waals surface area (Å²) in [5.41, 5.74) is 1.88. The molecule has 4 rings (SSSR count). The molecule has 0 bridgehead atoms. The van der Waals surface area contributed by atoms with Gasteiger partial charge in [-0.25, -0.2) is 4.79 Å². The van der Waals surface area contributed by atoms with E-state index in [4.69, 9.17) is 4.74 Å². The van der Waals surface area contributed by atoms with Crippen LogP contribution in [0.1, 0.15) is 46.9 Å². The van der Waals surface area contributed by atoms with Crippen LogP contribution >= 0.6 is 0 Å². The normalized spacial score (nSPS) is 14.5. The fourth-order valence-corrected chi connectivity index (χ4v) is 3.90. The molecule has 3 aromatic rings. The summed E-state index contributed by atoms with van der Waals surface area (Å²) in [5.74, 6) is -1.36. The van der Waals surface area contributed by atoms with Crippen LogP contribution in [0.4, 0.5) is 18.9 Å². The van der Waals surface area contributed by atoms with Crippen LogP contribution < -0.4 is 5.32 Å². The van der Waals surface area contributed by atoms with Gasteiger partial charge in [0.2, 0.25) is 0 Å². The third-order valence-corrected chi connectivity index (χ3v) is 5.48. The molecule has 1 aliphatic rings. The molecule has 8 heteroatoms. The standard InChI is InChI=1S/C24H21F3N2O3/c1-14(22(30)28-16-8-6-7-15(13-16)24(25,26)27)32-23(31)21-17-9-2-4-11-19(17)29-20-12-5-3-10-18(20)21/h2,4,6-9,11,13-14H,3,5,10,12H2,1H3,(H,28,30)/t14-/m0/s1. The number of para-hydroxylation sites is 1. The fraction of sp³-hybridized carbons (Fsp3) is 0.292. The summed E-state index contributed by atoms with van der Waals surface area (Å²) >= 11 is 0. The quantitative estimate of drug-likeness (QED) is 0.556. The lowest BCUT2D eigenvalue weighted by Gasteiger charge is -2.21. The third kappa shape index (κ3) is 4.44. The number of hydrogen-bond donors (Lipinski definition) is 1. The smallest absolute Gasteiger partial charge is 0.416 e. The van der Waals surface area contributed by atoms with Gasteiger partial charge in [0.25, 0.3) is 5.91 Å². The molecule has 0 saturated heterocycles. The summed E-state index contributed by atoms with van der Waals surface area (Å²) in [5, 5.41) is 3.04. The van der Waals surface area contributed by atoms with Crippen molar-refractivity contribution in [1.82, 2.24) is 4.98 Å². The van der Waals surface area contributed by atoms with E-state index in [0.29, 0.717) is 22.9 Å². The maximum atomic E-state index is 13.1. The van der Waals surface area contributed by atoms with E-state index in [2.05, 4.69) is 10.3 Å². The van der Waals surface area contributed by atoms with Crippen molar-refractivity contribution in [3.63, 3.8) is 0 Å². The van der Waals surface area contributed by atoms with Crippen LogP contribution in [0.3, 0.4) is 0 Å². The van der Waals surface area contributed by atoms with Gasteiger partial charge in [-0.15, -0.1) is 0 Å². The van der Waals surface area contributed by atoms with E-state index in [0.717, 1.165) is 42.7 Å². The van der Waals surface area contributed by atoms with Gasteiger partial charge in [-0.3, -0.25) is 9.78 Å². The Bertz CT molecular complexity index is 1190.